The largest absolute Gasteiger partial charge is 0.387 e. The molecule has 0 radical (unpaired) electrons. The van der Waals surface area contributed by atoms with Gasteiger partial charge in [-0.2, -0.15) is 0 Å². The summed E-state index contributed by atoms with van der Waals surface area (Å²) in [6.07, 6.45) is 0.685. The molecule has 36 heavy (non-hydrogen) atoms. The van der Waals surface area contributed by atoms with E-state index in [0.29, 0.717) is 42.0 Å². The fourth-order valence-corrected chi connectivity index (χ4v) is 4.47. The molecule has 1 aromatic carbocycles. The number of halogens is 1. The number of amides is 1. The summed E-state index contributed by atoms with van der Waals surface area (Å²) in [4.78, 5) is 30.6. The average molecular weight is 515 g/mol. The zero-order chi connectivity index (χ0) is 26.3. The molecule has 0 aliphatic carbocycles. The molecule has 9 nitrogen and oxygen atoms in total. The van der Waals surface area contributed by atoms with Crippen LogP contribution in [0.25, 0.3) is 0 Å². The van der Waals surface area contributed by atoms with Crippen LogP contribution in [0.4, 0.5) is 21.7 Å². The van der Waals surface area contributed by atoms with Crippen molar-refractivity contribution in [3.63, 3.8) is 0 Å². The number of nitrogens with one attached hydrogen (secondary N) is 2. The molecule has 194 valence electrons. The first kappa shape index (κ1) is 27.5. The second kappa shape index (κ2) is 12.3. The number of carbonyl (C=O) groups is 1. The number of nitrogens with two attached hydrogens (primary N) is 1. The number of anilines is 2. The monoisotopic (exact) mass is 514 g/mol. The fraction of sp³-hybridized carbons (Fsp3) is 0.480. The molecule has 1 fully saturated rings. The van der Waals surface area contributed by atoms with Crippen LogP contribution in [0.1, 0.15) is 40.5 Å². The van der Waals surface area contributed by atoms with Crippen molar-refractivity contribution in [3.8, 4) is 0 Å². The number of alkyl halides is 1. The van der Waals surface area contributed by atoms with E-state index < -0.39 is 12.2 Å². The summed E-state index contributed by atoms with van der Waals surface area (Å²) < 4.78 is 13.5. The number of nitrogens with zero attached hydrogens (tertiary/aromatic N) is 5. The van der Waals surface area contributed by atoms with Crippen LogP contribution >= 0.6 is 11.8 Å². The van der Waals surface area contributed by atoms with Crippen LogP contribution in [0, 0.1) is 5.41 Å². The Morgan fingerprint density at radius 2 is 1.89 bits per heavy atom. The topological polar surface area (TPSA) is 124 Å². The third-order valence-electron chi connectivity index (χ3n) is 5.84. The summed E-state index contributed by atoms with van der Waals surface area (Å²) >= 11 is 1.39. The van der Waals surface area contributed by atoms with Gasteiger partial charge in [-0.05, 0) is 56.8 Å². The molecule has 3 rings (SSSR count). The van der Waals surface area contributed by atoms with Gasteiger partial charge in [0.25, 0.3) is 0 Å². The maximum Gasteiger partial charge on any atom is 0.224 e. The number of hydrogen-bond acceptors (Lipinski definition) is 8. The van der Waals surface area contributed by atoms with Gasteiger partial charge in [0, 0.05) is 66.9 Å². The average Bonchev–Trinajstić information content (AvgIpc) is 2.84. The van der Waals surface area contributed by atoms with E-state index in [9.17, 15) is 9.18 Å². The molecule has 0 saturated carbocycles. The number of amidine groups is 1. The van der Waals surface area contributed by atoms with Crippen molar-refractivity contribution >= 4 is 46.5 Å². The van der Waals surface area contributed by atoms with Crippen LogP contribution in [0.2, 0.25) is 0 Å². The molecular weight excluding hydrogens is 479 g/mol. The zero-order valence-corrected chi connectivity index (χ0v) is 22.2. The Bertz CT molecular complexity index is 1100. The quantitative estimate of drug-likeness (QED) is 0.246. The van der Waals surface area contributed by atoms with Gasteiger partial charge in [-0.1, -0.05) is 6.92 Å². The first-order valence-corrected chi connectivity index (χ1v) is 12.8. The Labute approximate surface area is 216 Å². The van der Waals surface area contributed by atoms with E-state index in [1.807, 2.05) is 45.0 Å². The van der Waals surface area contributed by atoms with Crippen molar-refractivity contribution in [1.29, 1.82) is 5.41 Å². The van der Waals surface area contributed by atoms with Crippen molar-refractivity contribution in [2.75, 3.05) is 43.1 Å². The van der Waals surface area contributed by atoms with Gasteiger partial charge in [0.1, 0.15) is 18.3 Å². The molecule has 0 atom stereocenters. The summed E-state index contributed by atoms with van der Waals surface area (Å²) in [6.45, 7) is 9.78. The van der Waals surface area contributed by atoms with E-state index in [4.69, 9.17) is 16.1 Å². The van der Waals surface area contributed by atoms with E-state index in [1.165, 1.54) is 11.8 Å². The van der Waals surface area contributed by atoms with Crippen LogP contribution in [0.15, 0.2) is 45.4 Å². The van der Waals surface area contributed by atoms with E-state index in [-0.39, 0.29) is 12.3 Å². The van der Waals surface area contributed by atoms with Crippen LogP contribution in [-0.4, -0.2) is 70.7 Å². The summed E-state index contributed by atoms with van der Waals surface area (Å²) in [6, 6.07) is 9.29. The predicted molar refractivity (Wildman–Crippen MR) is 145 cm³/mol. The molecule has 11 heteroatoms. The minimum absolute atomic E-state index is 0.0401. The lowest BCUT2D eigenvalue weighted by atomic mass is 10.0. The Morgan fingerprint density at radius 1 is 1.22 bits per heavy atom. The third-order valence-corrected chi connectivity index (χ3v) is 6.71. The van der Waals surface area contributed by atoms with Crippen molar-refractivity contribution < 1.29 is 9.18 Å². The molecule has 1 aromatic heterocycles. The van der Waals surface area contributed by atoms with E-state index in [0.717, 1.165) is 29.5 Å². The summed E-state index contributed by atoms with van der Waals surface area (Å²) in [7, 11) is 0. The minimum atomic E-state index is -0.490. The van der Waals surface area contributed by atoms with Crippen LogP contribution in [0.5, 0.6) is 0 Å². The number of rotatable bonds is 10. The summed E-state index contributed by atoms with van der Waals surface area (Å²) in [5, 5.41) is 11.0. The molecule has 1 saturated heterocycles. The second-order valence-corrected chi connectivity index (χ2v) is 10.4. The Kier molecular flexibility index (Phi) is 9.38. The minimum Gasteiger partial charge on any atom is -0.387 e. The van der Waals surface area contributed by atoms with Crippen molar-refractivity contribution in [3.05, 3.63) is 30.3 Å². The van der Waals surface area contributed by atoms with E-state index >= 15 is 0 Å². The highest BCUT2D eigenvalue weighted by Crippen LogP contribution is 2.30. The molecule has 1 aliphatic rings. The molecule has 1 amide bonds. The normalized spacial score (nSPS) is 15.1. The highest BCUT2D eigenvalue weighted by Gasteiger charge is 2.30. The zero-order valence-electron chi connectivity index (χ0n) is 21.3. The maximum atomic E-state index is 13.5. The first-order valence-electron chi connectivity index (χ1n) is 12.0. The lowest BCUT2D eigenvalue weighted by Gasteiger charge is -2.43. The van der Waals surface area contributed by atoms with Gasteiger partial charge in [0.15, 0.2) is 11.0 Å². The van der Waals surface area contributed by atoms with Gasteiger partial charge in [0.05, 0.1) is 0 Å². The Hall–Kier alpha value is -3.05. The van der Waals surface area contributed by atoms with Gasteiger partial charge in [0.2, 0.25) is 5.91 Å². The number of hydrogen-bond donors (Lipinski definition) is 3. The van der Waals surface area contributed by atoms with Gasteiger partial charge < -0.3 is 21.4 Å². The molecule has 0 unspecified atom stereocenters. The molecular formula is C25H35FN8OS. The molecule has 1 aliphatic heterocycles. The van der Waals surface area contributed by atoms with E-state index in [1.54, 1.807) is 13.0 Å². The van der Waals surface area contributed by atoms with Gasteiger partial charge in [-0.15, -0.1) is 0 Å². The highest BCUT2D eigenvalue weighted by molar-refractivity contribution is 7.99. The predicted octanol–water partition coefficient (Wildman–Crippen LogP) is 4.26. The number of aromatic nitrogens is 2. The molecule has 0 bridgehead atoms. The van der Waals surface area contributed by atoms with Crippen LogP contribution in [0.3, 0.4) is 0 Å². The SMILES string of the molecule is CCC(=O)Nc1ccc(Sc2nc(N=C(N)CC(C)=N)cc(N3CCN(C(C)(C)CF)CC3)n2)cc1. The number of carbonyl (C=O) groups excluding carboxylic acids is 1. The Morgan fingerprint density at radius 3 is 2.47 bits per heavy atom. The van der Waals surface area contributed by atoms with Crippen molar-refractivity contribution in [2.45, 2.75) is 56.1 Å². The van der Waals surface area contributed by atoms with Gasteiger partial charge in [-0.3, -0.25) is 9.69 Å². The lowest BCUT2D eigenvalue weighted by Crippen LogP contribution is -2.55. The number of piperazine rings is 1. The second-order valence-electron chi connectivity index (χ2n) is 9.38. The molecule has 4 N–H and O–H groups in total. The van der Waals surface area contributed by atoms with Gasteiger partial charge in [-0.25, -0.2) is 19.4 Å². The highest BCUT2D eigenvalue weighted by atomic mass is 32.2. The smallest absolute Gasteiger partial charge is 0.224 e. The van der Waals surface area contributed by atoms with Crippen molar-refractivity contribution in [2.24, 2.45) is 10.7 Å². The lowest BCUT2D eigenvalue weighted by molar-refractivity contribution is -0.115. The fourth-order valence-electron chi connectivity index (χ4n) is 3.71. The van der Waals surface area contributed by atoms with Crippen molar-refractivity contribution in [1.82, 2.24) is 14.9 Å². The molecule has 2 heterocycles. The number of aliphatic imine (C=N–C) groups is 1. The number of benzene rings is 1. The molecule has 2 aromatic rings. The van der Waals surface area contributed by atoms with Crippen LogP contribution < -0.4 is 16.0 Å². The first-order chi connectivity index (χ1) is 17.1. The van der Waals surface area contributed by atoms with E-state index in [2.05, 4.69) is 25.1 Å². The summed E-state index contributed by atoms with van der Waals surface area (Å²) in [5.74, 6) is 1.44. The Balaban J connectivity index is 1.84. The standard InChI is InChI=1S/C25H35FN8OS/c1-5-23(35)29-18-6-8-19(9-7-18)36-24-31-21(30-20(28)14-17(2)27)15-22(32-24)33-10-12-34(13-11-33)25(3,4)16-26/h6-9,15,27H,5,10-14,16H2,1-4H3,(H,29,35)(H2,28,30,31,32). The molecule has 0 spiro atoms. The van der Waals surface area contributed by atoms with Crippen LogP contribution in [-0.2, 0) is 4.79 Å². The van der Waals surface area contributed by atoms with Gasteiger partial charge >= 0.3 is 0 Å². The third kappa shape index (κ3) is 7.72. The maximum absolute atomic E-state index is 13.5. The summed E-state index contributed by atoms with van der Waals surface area (Å²) in [5.41, 5.74) is 6.70.